The van der Waals surface area contributed by atoms with Crippen LogP contribution >= 0.6 is 0 Å². The number of benzene rings is 2. The molecule has 2 aromatic carbocycles. The van der Waals surface area contributed by atoms with Crippen LogP contribution in [0.1, 0.15) is 72.0 Å². The first-order valence-corrected chi connectivity index (χ1v) is 15.3. The maximum Gasteiger partial charge on any atom is 0.442 e. The molecule has 45 heavy (non-hydrogen) atoms. The number of carbonyl (C=O) groups excluding carboxylic acids is 3. The molecule has 1 atom stereocenters. The second kappa shape index (κ2) is 12.6. The number of nitrogens with zero attached hydrogens (tertiary/aromatic N) is 1. The third kappa shape index (κ3) is 9.17. The van der Waals surface area contributed by atoms with Gasteiger partial charge in [-0.25, -0.2) is 13.4 Å². The molecule has 3 amide bonds. The summed E-state index contributed by atoms with van der Waals surface area (Å²) >= 11 is 0. The lowest BCUT2D eigenvalue weighted by Crippen LogP contribution is -2.50. The Hall–Kier alpha value is -3.69. The number of aryl methyl sites for hydroxylation is 2. The lowest BCUT2D eigenvalue weighted by atomic mass is 9.92. The summed E-state index contributed by atoms with van der Waals surface area (Å²) in [6.07, 6.45) is -12.5. The van der Waals surface area contributed by atoms with Crippen molar-refractivity contribution in [2.45, 2.75) is 77.6 Å². The van der Waals surface area contributed by atoms with Crippen LogP contribution < -0.4 is 10.6 Å². The molecule has 0 saturated carbocycles. The first kappa shape index (κ1) is 37.5. The molecule has 0 saturated heterocycles. The molecule has 0 fully saturated rings. The Labute approximate surface area is 256 Å². The Morgan fingerprint density at radius 2 is 1.40 bits per heavy atom. The van der Waals surface area contributed by atoms with E-state index in [1.165, 1.54) is 45.2 Å². The fourth-order valence-corrected chi connectivity index (χ4v) is 6.23. The van der Waals surface area contributed by atoms with Crippen LogP contribution in [0, 0.1) is 13.8 Å². The summed E-state index contributed by atoms with van der Waals surface area (Å²) in [6, 6.07) is 5.49. The largest absolute Gasteiger partial charge is 0.442 e. The van der Waals surface area contributed by atoms with Gasteiger partial charge in [0.15, 0.2) is 0 Å². The van der Waals surface area contributed by atoms with Gasteiger partial charge in [0, 0.05) is 23.0 Å². The predicted molar refractivity (Wildman–Crippen MR) is 154 cm³/mol. The number of hydrogen-bond acceptors (Lipinski definition) is 5. The molecule has 0 aliphatic carbocycles. The summed E-state index contributed by atoms with van der Waals surface area (Å²) < 4.78 is 115. The molecule has 1 unspecified atom stereocenters. The van der Waals surface area contributed by atoms with Crippen molar-refractivity contribution in [3.8, 4) is 0 Å². The van der Waals surface area contributed by atoms with Crippen molar-refractivity contribution in [3.63, 3.8) is 0 Å². The molecule has 2 N–H and O–H groups in total. The fraction of sp³-hybridized carbons (Fsp3) is 0.483. The fourth-order valence-electron chi connectivity index (χ4n) is 4.40. The number of rotatable bonds is 7. The highest BCUT2D eigenvalue weighted by atomic mass is 32.2. The van der Waals surface area contributed by atoms with Crippen LogP contribution in [0.5, 0.6) is 0 Å². The highest BCUT2D eigenvalue weighted by molar-refractivity contribution is 7.93. The molecule has 0 aliphatic rings. The van der Waals surface area contributed by atoms with Crippen molar-refractivity contribution in [3.05, 3.63) is 64.2 Å². The lowest BCUT2D eigenvalue weighted by Gasteiger charge is -2.30. The zero-order chi connectivity index (χ0) is 35.0. The Bertz CT molecular complexity index is 1590. The number of hydrogen-bond donors (Lipinski definition) is 2. The molecule has 0 spiro atoms. The van der Waals surface area contributed by atoms with Crippen molar-refractivity contribution in [1.29, 1.82) is 0 Å². The van der Waals surface area contributed by atoms with Crippen molar-refractivity contribution >= 4 is 33.3 Å². The van der Waals surface area contributed by atoms with Gasteiger partial charge in [-0.05, 0) is 71.7 Å². The van der Waals surface area contributed by atoms with Gasteiger partial charge >= 0.3 is 24.1 Å². The molecule has 0 aliphatic heterocycles. The van der Waals surface area contributed by atoms with E-state index in [-0.39, 0.29) is 34.2 Å². The summed E-state index contributed by atoms with van der Waals surface area (Å²) in [7, 11) is -3.21. The van der Waals surface area contributed by atoms with Crippen LogP contribution in [-0.4, -0.2) is 57.6 Å². The summed E-state index contributed by atoms with van der Waals surface area (Å²) in [5.74, 6) is -2.04. The van der Waals surface area contributed by atoms with E-state index in [0.29, 0.717) is 17.7 Å². The molecule has 8 nitrogen and oxygen atoms in total. The molecule has 0 heterocycles. The zero-order valence-corrected chi connectivity index (χ0v) is 26.5. The third-order valence-corrected chi connectivity index (χ3v) is 7.93. The number of anilines is 1. The Morgan fingerprint density at radius 3 is 1.89 bits per heavy atom. The summed E-state index contributed by atoms with van der Waals surface area (Å²) in [4.78, 5) is 38.7. The van der Waals surface area contributed by atoms with E-state index in [1.807, 2.05) is 0 Å². The van der Waals surface area contributed by atoms with E-state index < -0.39 is 62.4 Å². The summed E-state index contributed by atoms with van der Waals surface area (Å²) in [5, 5.41) is 4.98. The van der Waals surface area contributed by atoms with Gasteiger partial charge in [0.05, 0.1) is 26.6 Å². The Morgan fingerprint density at radius 1 is 0.844 bits per heavy atom. The predicted octanol–water partition coefficient (Wildman–Crippen LogP) is 7.39. The van der Waals surface area contributed by atoms with E-state index in [4.69, 9.17) is 4.74 Å². The number of nitrogens with one attached hydrogen (secondary N) is 2. The van der Waals surface area contributed by atoms with Gasteiger partial charge in [-0.15, -0.1) is 4.36 Å². The second-order valence-corrected chi connectivity index (χ2v) is 14.5. The second-order valence-electron chi connectivity index (χ2n) is 12.1. The number of ether oxygens (including phenoxy) is 1. The monoisotopic (exact) mass is 669 g/mol. The minimum atomic E-state index is -6.31. The maximum atomic E-state index is 14.5. The van der Waals surface area contributed by atoms with Crippen molar-refractivity contribution in [1.82, 2.24) is 5.32 Å². The first-order valence-electron chi connectivity index (χ1n) is 13.2. The minimum Gasteiger partial charge on any atom is -0.442 e. The van der Waals surface area contributed by atoms with Gasteiger partial charge in [-0.1, -0.05) is 24.3 Å². The molecule has 2 aromatic rings. The van der Waals surface area contributed by atoms with E-state index in [0.717, 1.165) is 6.92 Å². The van der Waals surface area contributed by atoms with Gasteiger partial charge < -0.3 is 15.4 Å². The van der Waals surface area contributed by atoms with E-state index in [1.54, 1.807) is 20.8 Å². The standard InChI is InChI=1S/C29H34F7N3O5S/c1-16-10-9-11-19(21(16)23(41)38-26(6,7)15-45(8,43)39-24(42)44-25(3,4)5)22(40)37-20-13-12-18(14-17(20)2)27(30,28(31,32)33)29(34,35)36/h9-14H,15H2,1-8H3,(H,37,40)(H,38,41). The maximum absolute atomic E-state index is 14.5. The quantitative estimate of drug-likeness (QED) is 0.299. The van der Waals surface area contributed by atoms with Crippen molar-refractivity contribution in [2.75, 3.05) is 17.3 Å². The number of alkyl halides is 7. The van der Waals surface area contributed by atoms with Gasteiger partial charge in [0.2, 0.25) is 0 Å². The molecule has 0 aromatic heterocycles. The van der Waals surface area contributed by atoms with E-state index in [9.17, 15) is 49.3 Å². The Balaban J connectivity index is 2.38. The van der Waals surface area contributed by atoms with E-state index >= 15 is 0 Å². The number of carbonyl (C=O) groups is 3. The molecular weight excluding hydrogens is 635 g/mol. The average Bonchev–Trinajstić information content (AvgIpc) is 2.80. The van der Waals surface area contributed by atoms with Gasteiger partial charge in [-0.2, -0.15) is 26.3 Å². The molecule has 250 valence electrons. The highest BCUT2D eigenvalue weighted by Gasteiger charge is 2.73. The molecule has 2 rings (SSSR count). The molecule has 0 bridgehead atoms. The van der Waals surface area contributed by atoms with Gasteiger partial charge in [0.25, 0.3) is 11.8 Å². The SMILES string of the molecule is Cc1cc(C(F)(C(F)(F)F)C(F)(F)F)ccc1NC(=O)c1cccc(C)c1C(=O)NC(C)(C)CS(C)(=O)=NC(=O)OC(C)(C)C. The summed E-state index contributed by atoms with van der Waals surface area (Å²) in [6.45, 7) is 10.4. The normalized spacial score (nSPS) is 14.3. The van der Waals surface area contributed by atoms with Crippen LogP contribution in [0.3, 0.4) is 0 Å². The first-order chi connectivity index (χ1) is 20.1. The average molecular weight is 670 g/mol. The van der Waals surface area contributed by atoms with Crippen LogP contribution in [0.2, 0.25) is 0 Å². The van der Waals surface area contributed by atoms with Crippen LogP contribution in [0.4, 0.5) is 41.2 Å². The highest BCUT2D eigenvalue weighted by Crippen LogP contribution is 2.53. The lowest BCUT2D eigenvalue weighted by molar-refractivity contribution is -0.348. The number of halogens is 7. The van der Waals surface area contributed by atoms with Crippen molar-refractivity contribution < 1.29 is 54.1 Å². The summed E-state index contributed by atoms with van der Waals surface area (Å²) in [5.41, 5.74) is -10.1. The van der Waals surface area contributed by atoms with Crippen molar-refractivity contribution in [2.24, 2.45) is 4.36 Å². The van der Waals surface area contributed by atoms with Crippen LogP contribution in [0.15, 0.2) is 40.8 Å². The number of amides is 3. The molecular formula is C29H34F7N3O5S. The molecule has 16 heteroatoms. The topological polar surface area (TPSA) is 114 Å². The Kier molecular flexibility index (Phi) is 10.5. The van der Waals surface area contributed by atoms with E-state index in [2.05, 4.69) is 15.0 Å². The van der Waals surface area contributed by atoms with Gasteiger partial charge in [-0.3, -0.25) is 9.59 Å². The van der Waals surface area contributed by atoms with Crippen LogP contribution in [0.25, 0.3) is 0 Å². The third-order valence-electron chi connectivity index (χ3n) is 6.14. The zero-order valence-electron chi connectivity index (χ0n) is 25.7. The van der Waals surface area contributed by atoms with Gasteiger partial charge in [0.1, 0.15) is 5.60 Å². The molecule has 0 radical (unpaired) electrons. The minimum absolute atomic E-state index is 0.138. The smallest absolute Gasteiger partial charge is 0.442 e. The van der Waals surface area contributed by atoms with Crippen LogP contribution in [-0.2, 0) is 20.1 Å².